The first-order chi connectivity index (χ1) is 11.5. The summed E-state index contributed by atoms with van der Waals surface area (Å²) < 4.78 is 0. The number of allylic oxidation sites excluding steroid dienone is 1. The molecule has 3 nitrogen and oxygen atoms in total. The Bertz CT molecular complexity index is 821. The second kappa shape index (κ2) is 6.91. The Morgan fingerprint density at radius 1 is 1.42 bits per heavy atom. The van der Waals surface area contributed by atoms with Gasteiger partial charge in [0.1, 0.15) is 0 Å². The van der Waals surface area contributed by atoms with E-state index in [1.165, 1.54) is 5.39 Å². The molecule has 0 saturated carbocycles. The van der Waals surface area contributed by atoms with Crippen LogP contribution in [-0.4, -0.2) is 16.7 Å². The van der Waals surface area contributed by atoms with Gasteiger partial charge in [-0.15, -0.1) is 9.24 Å². The molecule has 24 heavy (non-hydrogen) atoms. The van der Waals surface area contributed by atoms with E-state index in [4.69, 9.17) is 0 Å². The lowest BCUT2D eigenvalue weighted by atomic mass is 9.92. The molecule has 1 saturated heterocycles. The predicted octanol–water partition coefficient (Wildman–Crippen LogP) is 4.10. The number of nitrogens with one attached hydrogen (secondary N) is 1. The Morgan fingerprint density at radius 3 is 2.92 bits per heavy atom. The average Bonchev–Trinajstić information content (AvgIpc) is 2.86. The molecule has 0 bridgehead atoms. The summed E-state index contributed by atoms with van der Waals surface area (Å²) >= 11 is 0. The number of aryl methyl sites for hydroxylation is 2. The van der Waals surface area contributed by atoms with Gasteiger partial charge in [0.05, 0.1) is 11.6 Å². The maximum absolute atomic E-state index is 9.22. The smallest absolute Gasteiger partial charge is 0.0994 e. The van der Waals surface area contributed by atoms with Crippen LogP contribution in [0.3, 0.4) is 0 Å². The molecule has 4 heteroatoms. The van der Waals surface area contributed by atoms with Gasteiger partial charge in [0.25, 0.3) is 0 Å². The third-order valence-corrected chi connectivity index (χ3v) is 6.12. The molecule has 1 aliphatic heterocycles. The highest BCUT2D eigenvalue weighted by atomic mass is 31.0. The van der Waals surface area contributed by atoms with Crippen molar-refractivity contribution in [1.29, 1.82) is 5.26 Å². The maximum atomic E-state index is 9.22. The van der Waals surface area contributed by atoms with Gasteiger partial charge >= 0.3 is 0 Å². The zero-order valence-corrected chi connectivity index (χ0v) is 15.5. The number of hydrogen-bond donors (Lipinski definition) is 1. The lowest BCUT2D eigenvalue weighted by molar-refractivity contribution is 0.416. The van der Waals surface area contributed by atoms with Crippen molar-refractivity contribution in [3.8, 4) is 6.07 Å². The lowest BCUT2D eigenvalue weighted by Gasteiger charge is -2.20. The number of aromatic nitrogens is 1. The van der Waals surface area contributed by atoms with Crippen molar-refractivity contribution in [3.63, 3.8) is 0 Å². The minimum absolute atomic E-state index is 0.459. The van der Waals surface area contributed by atoms with E-state index in [1.54, 1.807) is 0 Å². The van der Waals surface area contributed by atoms with E-state index in [1.807, 2.05) is 25.3 Å². The second-order valence-corrected chi connectivity index (χ2v) is 7.39. The van der Waals surface area contributed by atoms with E-state index in [9.17, 15) is 5.26 Å². The number of pyridine rings is 1. The van der Waals surface area contributed by atoms with Gasteiger partial charge in [-0.2, -0.15) is 5.26 Å². The van der Waals surface area contributed by atoms with Crippen LogP contribution in [0, 0.1) is 24.2 Å². The van der Waals surface area contributed by atoms with Gasteiger partial charge in [-0.3, -0.25) is 4.98 Å². The van der Waals surface area contributed by atoms with E-state index in [0.29, 0.717) is 17.6 Å². The fourth-order valence-electron chi connectivity index (χ4n) is 3.78. The standard InChI is InChI=1S/C20H24N3P/c1-4-16-19(23-13(3)20(16)24)6-5-18-17-9-12(2)15(11-21)10-14(17)7-8-22-18/h7-10,16,19-20,23H,3-6,24H2,1-2H3. The fraction of sp³-hybridized carbons (Fsp3) is 0.400. The Morgan fingerprint density at radius 2 is 2.21 bits per heavy atom. The van der Waals surface area contributed by atoms with Gasteiger partial charge in [0.2, 0.25) is 0 Å². The summed E-state index contributed by atoms with van der Waals surface area (Å²) in [6.07, 6.45) is 4.98. The molecular formula is C20H24N3P. The van der Waals surface area contributed by atoms with Crippen LogP contribution in [0.2, 0.25) is 0 Å². The van der Waals surface area contributed by atoms with Crippen LogP contribution in [0.4, 0.5) is 0 Å². The SMILES string of the molecule is C=C1NC(CCc2nccc3cc(C#N)c(C)cc23)C(CC)C1P. The van der Waals surface area contributed by atoms with Crippen LogP contribution in [0.25, 0.3) is 10.8 Å². The van der Waals surface area contributed by atoms with Gasteiger partial charge in [-0.1, -0.05) is 19.9 Å². The number of nitrogens with zero attached hydrogens (tertiary/aromatic N) is 2. The van der Waals surface area contributed by atoms with Crippen molar-refractivity contribution < 1.29 is 0 Å². The van der Waals surface area contributed by atoms with Crippen LogP contribution in [0.1, 0.15) is 36.6 Å². The first kappa shape index (κ1) is 16.9. The molecule has 0 spiro atoms. The zero-order chi connectivity index (χ0) is 17.3. The maximum Gasteiger partial charge on any atom is 0.0994 e. The van der Waals surface area contributed by atoms with E-state index < -0.39 is 0 Å². The predicted molar refractivity (Wildman–Crippen MR) is 103 cm³/mol. The van der Waals surface area contributed by atoms with Gasteiger partial charge < -0.3 is 5.32 Å². The van der Waals surface area contributed by atoms with Crippen LogP contribution in [-0.2, 0) is 6.42 Å². The third kappa shape index (κ3) is 3.04. The van der Waals surface area contributed by atoms with E-state index in [0.717, 1.165) is 47.2 Å². The highest BCUT2D eigenvalue weighted by Gasteiger charge is 2.34. The summed E-state index contributed by atoms with van der Waals surface area (Å²) in [5.74, 6) is 0.615. The van der Waals surface area contributed by atoms with Crippen molar-refractivity contribution in [1.82, 2.24) is 10.3 Å². The monoisotopic (exact) mass is 337 g/mol. The molecule has 124 valence electrons. The molecule has 1 aliphatic rings. The number of benzene rings is 1. The van der Waals surface area contributed by atoms with Crippen molar-refractivity contribution in [3.05, 3.63) is 53.5 Å². The van der Waals surface area contributed by atoms with Crippen molar-refractivity contribution in [2.45, 2.75) is 44.8 Å². The Labute approximate surface area is 146 Å². The molecule has 1 aromatic carbocycles. The number of fused-ring (bicyclic) bond motifs is 1. The van der Waals surface area contributed by atoms with E-state index >= 15 is 0 Å². The van der Waals surface area contributed by atoms with Crippen LogP contribution in [0.15, 0.2) is 36.7 Å². The van der Waals surface area contributed by atoms with E-state index in [-0.39, 0.29) is 0 Å². The second-order valence-electron chi connectivity index (χ2n) is 6.67. The summed E-state index contributed by atoms with van der Waals surface area (Å²) in [5.41, 5.74) is 4.47. The fourth-order valence-corrected chi connectivity index (χ4v) is 4.41. The summed E-state index contributed by atoms with van der Waals surface area (Å²) in [6, 6.07) is 8.79. The summed E-state index contributed by atoms with van der Waals surface area (Å²) in [7, 11) is 2.93. The normalized spacial score (nSPS) is 23.2. The lowest BCUT2D eigenvalue weighted by Crippen LogP contribution is -2.27. The topological polar surface area (TPSA) is 48.7 Å². The molecule has 2 aromatic rings. The van der Waals surface area contributed by atoms with Crippen LogP contribution < -0.4 is 5.32 Å². The summed E-state index contributed by atoms with van der Waals surface area (Å²) in [4.78, 5) is 4.62. The highest BCUT2D eigenvalue weighted by molar-refractivity contribution is 7.18. The van der Waals surface area contributed by atoms with Gasteiger partial charge in [-0.25, -0.2) is 0 Å². The molecule has 0 amide bonds. The molecule has 1 fully saturated rings. The first-order valence-corrected chi connectivity index (χ1v) is 9.21. The summed E-state index contributed by atoms with van der Waals surface area (Å²) in [5, 5.41) is 15.0. The van der Waals surface area contributed by atoms with Crippen molar-refractivity contribution >= 4 is 20.0 Å². The molecule has 1 N–H and O–H groups in total. The van der Waals surface area contributed by atoms with Crippen molar-refractivity contribution in [2.75, 3.05) is 0 Å². The van der Waals surface area contributed by atoms with Gasteiger partial charge in [-0.05, 0) is 54.8 Å². The van der Waals surface area contributed by atoms with Crippen LogP contribution in [0.5, 0.6) is 0 Å². The molecule has 1 aromatic heterocycles. The molecule has 4 unspecified atom stereocenters. The molecular weight excluding hydrogens is 313 g/mol. The number of nitriles is 1. The van der Waals surface area contributed by atoms with Gasteiger partial charge in [0, 0.05) is 34.7 Å². The van der Waals surface area contributed by atoms with Gasteiger partial charge in [0.15, 0.2) is 0 Å². The van der Waals surface area contributed by atoms with Crippen LogP contribution >= 0.6 is 9.24 Å². The molecule has 0 aliphatic carbocycles. The third-order valence-electron chi connectivity index (χ3n) is 5.23. The zero-order valence-electron chi connectivity index (χ0n) is 14.3. The first-order valence-electron chi connectivity index (χ1n) is 8.54. The quantitative estimate of drug-likeness (QED) is 0.855. The largest absolute Gasteiger partial charge is 0.385 e. The molecule has 2 heterocycles. The molecule has 4 atom stereocenters. The number of hydrogen-bond acceptors (Lipinski definition) is 3. The Hall–Kier alpha value is -1.91. The number of rotatable bonds is 4. The van der Waals surface area contributed by atoms with Crippen molar-refractivity contribution in [2.24, 2.45) is 5.92 Å². The molecule has 0 radical (unpaired) electrons. The summed E-state index contributed by atoms with van der Waals surface area (Å²) in [6.45, 7) is 8.38. The van der Waals surface area contributed by atoms with E-state index in [2.05, 4.69) is 45.2 Å². The minimum Gasteiger partial charge on any atom is -0.385 e. The molecule has 3 rings (SSSR count). The Balaban J connectivity index is 1.85. The average molecular weight is 337 g/mol. The highest BCUT2D eigenvalue weighted by Crippen LogP contribution is 2.34. The Kier molecular flexibility index (Phi) is 4.88. The minimum atomic E-state index is 0.459.